The first-order valence-corrected chi connectivity index (χ1v) is 7.90. The summed E-state index contributed by atoms with van der Waals surface area (Å²) in [7, 11) is 1.32. The molecule has 0 bridgehead atoms. The number of alkyl halides is 2. The highest BCUT2D eigenvalue weighted by Crippen LogP contribution is 2.33. The highest BCUT2D eigenvalue weighted by molar-refractivity contribution is 9.10. The first kappa shape index (κ1) is 18.2. The van der Waals surface area contributed by atoms with Crippen LogP contribution in [-0.4, -0.2) is 19.6 Å². The van der Waals surface area contributed by atoms with Crippen molar-refractivity contribution < 1.29 is 23.0 Å². The fourth-order valence-corrected chi connectivity index (χ4v) is 2.87. The van der Waals surface area contributed by atoms with E-state index in [4.69, 9.17) is 4.74 Å². The third-order valence-electron chi connectivity index (χ3n) is 3.37. The fourth-order valence-electron chi connectivity index (χ4n) is 2.24. The van der Waals surface area contributed by atoms with E-state index < -0.39 is 12.5 Å². The Hall–Kier alpha value is -2.15. The normalized spacial score (nSPS) is 11.9. The van der Waals surface area contributed by atoms with Crippen molar-refractivity contribution in [1.29, 1.82) is 0 Å². The second-order valence-corrected chi connectivity index (χ2v) is 5.79. The minimum absolute atomic E-state index is 0.0199. The topological polar surface area (TPSA) is 47.6 Å². The maximum Gasteiger partial charge on any atom is 0.387 e. The quantitative estimate of drug-likeness (QED) is 0.774. The summed E-state index contributed by atoms with van der Waals surface area (Å²) in [4.78, 5) is 12.5. The van der Waals surface area contributed by atoms with E-state index in [1.165, 1.54) is 25.3 Å². The number of rotatable bonds is 6. The predicted molar refractivity (Wildman–Crippen MR) is 89.6 cm³/mol. The van der Waals surface area contributed by atoms with E-state index in [0.717, 1.165) is 10.0 Å². The Bertz CT molecular complexity index is 725. The standard InChI is InChI=1S/C17H16BrF2NO3/c1-10(11-6-3-4-8-13(11)18)21-16(22)12-7-5-9-14(23-2)15(12)24-17(19)20/h3-10,17H,1-2H3,(H,21,22). The molecule has 0 radical (unpaired) electrons. The van der Waals surface area contributed by atoms with Gasteiger partial charge in [-0.25, -0.2) is 0 Å². The molecule has 2 aromatic carbocycles. The molecule has 0 aromatic heterocycles. The van der Waals surface area contributed by atoms with E-state index in [0.29, 0.717) is 0 Å². The Kier molecular flexibility index (Phi) is 6.14. The van der Waals surface area contributed by atoms with Gasteiger partial charge in [-0.3, -0.25) is 4.79 Å². The minimum atomic E-state index is -3.06. The lowest BCUT2D eigenvalue weighted by molar-refractivity contribution is -0.0515. The highest BCUT2D eigenvalue weighted by atomic mass is 79.9. The zero-order valence-electron chi connectivity index (χ0n) is 13.1. The lowest BCUT2D eigenvalue weighted by Gasteiger charge is -2.18. The van der Waals surface area contributed by atoms with Crippen LogP contribution in [0.1, 0.15) is 28.9 Å². The molecule has 0 heterocycles. The van der Waals surface area contributed by atoms with E-state index in [2.05, 4.69) is 26.0 Å². The van der Waals surface area contributed by atoms with Gasteiger partial charge >= 0.3 is 6.61 Å². The summed E-state index contributed by atoms with van der Waals surface area (Å²) in [6, 6.07) is 11.5. The van der Waals surface area contributed by atoms with Gasteiger partial charge in [0.05, 0.1) is 18.7 Å². The van der Waals surface area contributed by atoms with Crippen molar-refractivity contribution in [2.75, 3.05) is 7.11 Å². The zero-order valence-corrected chi connectivity index (χ0v) is 14.6. The Morgan fingerprint density at radius 3 is 2.50 bits per heavy atom. The number of ether oxygens (including phenoxy) is 2. The predicted octanol–water partition coefficient (Wildman–Crippen LogP) is 4.55. The van der Waals surface area contributed by atoms with Gasteiger partial charge in [0.2, 0.25) is 0 Å². The Morgan fingerprint density at radius 2 is 1.88 bits per heavy atom. The molecule has 128 valence electrons. The molecule has 0 aliphatic carbocycles. The lowest BCUT2D eigenvalue weighted by atomic mass is 10.1. The maximum absolute atomic E-state index is 12.6. The lowest BCUT2D eigenvalue weighted by Crippen LogP contribution is -2.27. The molecule has 2 aromatic rings. The fraction of sp³-hybridized carbons (Fsp3) is 0.235. The highest BCUT2D eigenvalue weighted by Gasteiger charge is 2.22. The molecule has 0 saturated carbocycles. The molecule has 1 N–H and O–H groups in total. The molecule has 0 aliphatic heterocycles. The number of amides is 1. The second-order valence-electron chi connectivity index (χ2n) is 4.93. The van der Waals surface area contributed by atoms with Crippen LogP contribution in [0.5, 0.6) is 11.5 Å². The van der Waals surface area contributed by atoms with Crippen LogP contribution in [0.2, 0.25) is 0 Å². The molecule has 0 spiro atoms. The number of hydrogen-bond donors (Lipinski definition) is 1. The molecular formula is C17H16BrF2NO3. The molecule has 1 atom stereocenters. The van der Waals surface area contributed by atoms with Gasteiger partial charge in [-0.05, 0) is 30.7 Å². The van der Waals surface area contributed by atoms with Gasteiger partial charge in [0.1, 0.15) is 0 Å². The summed E-state index contributed by atoms with van der Waals surface area (Å²) in [5.41, 5.74) is 0.846. The van der Waals surface area contributed by atoms with Crippen molar-refractivity contribution in [2.45, 2.75) is 19.6 Å². The maximum atomic E-state index is 12.6. The van der Waals surface area contributed by atoms with Crippen molar-refractivity contribution in [2.24, 2.45) is 0 Å². The van der Waals surface area contributed by atoms with Gasteiger partial charge in [0.15, 0.2) is 11.5 Å². The molecule has 24 heavy (non-hydrogen) atoms. The summed E-state index contributed by atoms with van der Waals surface area (Å²) in [5, 5.41) is 2.77. The van der Waals surface area contributed by atoms with Crippen LogP contribution in [0.25, 0.3) is 0 Å². The number of hydrogen-bond acceptors (Lipinski definition) is 3. The molecule has 0 saturated heterocycles. The van der Waals surface area contributed by atoms with Crippen LogP contribution in [0.4, 0.5) is 8.78 Å². The summed E-state index contributed by atoms with van der Waals surface area (Å²) >= 11 is 3.42. The van der Waals surface area contributed by atoms with Gasteiger partial charge in [-0.15, -0.1) is 0 Å². The number of methoxy groups -OCH3 is 1. The van der Waals surface area contributed by atoms with Crippen molar-refractivity contribution in [3.63, 3.8) is 0 Å². The van der Waals surface area contributed by atoms with Gasteiger partial charge in [-0.1, -0.05) is 40.2 Å². The molecule has 1 unspecified atom stereocenters. The number of carbonyl (C=O) groups excluding carboxylic acids is 1. The van der Waals surface area contributed by atoms with Crippen LogP contribution in [0, 0.1) is 0 Å². The SMILES string of the molecule is COc1cccc(C(=O)NC(C)c2ccccc2Br)c1OC(F)F. The Morgan fingerprint density at radius 1 is 1.17 bits per heavy atom. The second kappa shape index (κ2) is 8.10. The number of benzene rings is 2. The van der Waals surface area contributed by atoms with Gasteiger partial charge < -0.3 is 14.8 Å². The van der Waals surface area contributed by atoms with Gasteiger partial charge in [-0.2, -0.15) is 8.78 Å². The van der Waals surface area contributed by atoms with E-state index in [1.54, 1.807) is 6.92 Å². The molecule has 1 amide bonds. The van der Waals surface area contributed by atoms with E-state index in [9.17, 15) is 13.6 Å². The molecule has 2 rings (SSSR count). The van der Waals surface area contributed by atoms with Gasteiger partial charge in [0, 0.05) is 4.47 Å². The average molecular weight is 400 g/mol. The van der Waals surface area contributed by atoms with Crippen LogP contribution < -0.4 is 14.8 Å². The summed E-state index contributed by atoms with van der Waals surface area (Å²) in [5.74, 6) is -0.754. The molecule has 0 aliphatic rings. The van der Waals surface area contributed by atoms with Crippen molar-refractivity contribution in [1.82, 2.24) is 5.32 Å². The van der Waals surface area contributed by atoms with Crippen LogP contribution in [-0.2, 0) is 0 Å². The number of para-hydroxylation sites is 1. The third-order valence-corrected chi connectivity index (χ3v) is 4.09. The van der Waals surface area contributed by atoms with Crippen molar-refractivity contribution in [3.05, 3.63) is 58.1 Å². The first-order valence-electron chi connectivity index (χ1n) is 7.11. The van der Waals surface area contributed by atoms with Crippen molar-refractivity contribution in [3.8, 4) is 11.5 Å². The summed E-state index contributed by atoms with van der Waals surface area (Å²) < 4.78 is 35.6. The summed E-state index contributed by atoms with van der Waals surface area (Å²) in [6.07, 6.45) is 0. The van der Waals surface area contributed by atoms with Crippen molar-refractivity contribution >= 4 is 21.8 Å². The number of nitrogens with one attached hydrogen (secondary N) is 1. The molecule has 7 heteroatoms. The smallest absolute Gasteiger partial charge is 0.387 e. The van der Waals surface area contributed by atoms with Gasteiger partial charge in [0.25, 0.3) is 5.91 Å². The van der Waals surface area contributed by atoms with E-state index in [1.807, 2.05) is 24.3 Å². The molecule has 4 nitrogen and oxygen atoms in total. The Balaban J connectivity index is 2.28. The first-order chi connectivity index (χ1) is 11.4. The van der Waals surface area contributed by atoms with E-state index in [-0.39, 0.29) is 23.1 Å². The minimum Gasteiger partial charge on any atom is -0.493 e. The van der Waals surface area contributed by atoms with Crippen LogP contribution >= 0.6 is 15.9 Å². The van der Waals surface area contributed by atoms with Crippen LogP contribution in [0.3, 0.4) is 0 Å². The average Bonchev–Trinajstić information content (AvgIpc) is 2.54. The zero-order chi connectivity index (χ0) is 17.7. The molecular weight excluding hydrogens is 384 g/mol. The van der Waals surface area contributed by atoms with Crippen LogP contribution in [0.15, 0.2) is 46.9 Å². The monoisotopic (exact) mass is 399 g/mol. The number of halogens is 3. The summed E-state index contributed by atoms with van der Waals surface area (Å²) in [6.45, 7) is -1.26. The third kappa shape index (κ3) is 4.23. The molecule has 0 fully saturated rings. The van der Waals surface area contributed by atoms with E-state index >= 15 is 0 Å². The Labute approximate surface area is 146 Å². The largest absolute Gasteiger partial charge is 0.493 e. The number of carbonyl (C=O) groups is 1.